The van der Waals surface area contributed by atoms with Gasteiger partial charge in [0.1, 0.15) is 2.91 Å². The van der Waals surface area contributed by atoms with Crippen molar-refractivity contribution in [1.82, 2.24) is 0 Å². The molecule has 0 saturated carbocycles. The number of aryl methyl sites for hydroxylation is 1. The molecule has 0 fully saturated rings. The first-order chi connectivity index (χ1) is 10.5. The molecule has 0 heterocycles. The molecule has 0 unspecified atom stereocenters. The Morgan fingerprint density at radius 2 is 1.68 bits per heavy atom. The number of hydrogen-bond donors (Lipinski definition) is 0. The van der Waals surface area contributed by atoms with Crippen LogP contribution in [0, 0.1) is 6.92 Å². The Morgan fingerprint density at radius 1 is 1.09 bits per heavy atom. The molecule has 0 bridgehead atoms. The summed E-state index contributed by atoms with van der Waals surface area (Å²) in [4.78, 5) is 0.319. The van der Waals surface area contributed by atoms with Gasteiger partial charge in [-0.1, -0.05) is 54.1 Å². The average molecular weight is 424 g/mol. The Morgan fingerprint density at radius 3 is 2.23 bits per heavy atom. The van der Waals surface area contributed by atoms with E-state index in [2.05, 4.69) is 6.58 Å². The van der Waals surface area contributed by atoms with Crippen molar-refractivity contribution in [3.63, 3.8) is 0 Å². The zero-order valence-corrected chi connectivity index (χ0v) is 15.3. The molecule has 2 aromatic carbocycles. The van der Waals surface area contributed by atoms with Crippen LogP contribution in [-0.4, -0.2) is 8.42 Å². The van der Waals surface area contributed by atoms with Gasteiger partial charge in [-0.15, -0.1) is 6.58 Å². The quantitative estimate of drug-likeness (QED) is 0.492. The second-order valence-corrected chi connectivity index (χ2v) is 8.62. The molecule has 2 nitrogen and oxygen atoms in total. The third-order valence-electron chi connectivity index (χ3n) is 3.28. The largest absolute Gasteiger partial charge is 0.218 e. The Kier molecular flexibility index (Phi) is 5.58. The third-order valence-corrected chi connectivity index (χ3v) is 7.28. The van der Waals surface area contributed by atoms with E-state index in [4.69, 9.17) is 0 Å². The van der Waals surface area contributed by atoms with Gasteiger partial charge in [0, 0.05) is 0 Å². The van der Waals surface area contributed by atoms with Crippen LogP contribution in [0.25, 0.3) is 5.57 Å². The van der Waals surface area contributed by atoms with Crippen molar-refractivity contribution >= 4 is 38.0 Å². The zero-order chi connectivity index (χ0) is 16.2. The van der Waals surface area contributed by atoms with E-state index in [-0.39, 0.29) is 0 Å². The molecule has 2 rings (SSSR count). The van der Waals surface area contributed by atoms with Crippen LogP contribution in [0.3, 0.4) is 0 Å². The Labute approximate surface area is 145 Å². The fourth-order valence-corrected chi connectivity index (χ4v) is 4.60. The number of rotatable bonds is 5. The summed E-state index contributed by atoms with van der Waals surface area (Å²) in [6.45, 7) is 5.68. The van der Waals surface area contributed by atoms with Gasteiger partial charge in [-0.2, -0.15) is 0 Å². The molecule has 4 heteroatoms. The molecule has 0 aliphatic heterocycles. The van der Waals surface area contributed by atoms with Crippen LogP contribution in [0.1, 0.15) is 17.5 Å². The number of hydrogen-bond acceptors (Lipinski definition) is 2. The van der Waals surface area contributed by atoms with Gasteiger partial charge in [0.15, 0.2) is 0 Å². The monoisotopic (exact) mass is 424 g/mol. The summed E-state index contributed by atoms with van der Waals surface area (Å²) in [5.74, 6) is 0. The Bertz CT molecular complexity index is 789. The molecule has 0 amide bonds. The van der Waals surface area contributed by atoms with Gasteiger partial charge in [0.2, 0.25) is 9.84 Å². The molecule has 0 saturated heterocycles. The molecule has 0 N–H and O–H groups in total. The van der Waals surface area contributed by atoms with Crippen LogP contribution in [-0.2, 0) is 9.84 Å². The van der Waals surface area contributed by atoms with Gasteiger partial charge in [0.25, 0.3) is 0 Å². The minimum absolute atomic E-state index is 0.319. The molecule has 0 aliphatic carbocycles. The maximum absolute atomic E-state index is 12.8. The highest BCUT2D eigenvalue weighted by Crippen LogP contribution is 2.34. The molecule has 0 atom stereocenters. The third kappa shape index (κ3) is 3.67. The fraction of sp³-hybridized carbons (Fsp3) is 0.111. The first-order valence-corrected chi connectivity index (χ1v) is 9.39. The molecule has 2 aromatic rings. The topological polar surface area (TPSA) is 34.1 Å². The van der Waals surface area contributed by atoms with Gasteiger partial charge < -0.3 is 0 Å². The van der Waals surface area contributed by atoms with E-state index >= 15 is 0 Å². The van der Waals surface area contributed by atoms with E-state index in [0.29, 0.717) is 14.2 Å². The maximum atomic E-state index is 12.8. The zero-order valence-electron chi connectivity index (χ0n) is 12.3. The van der Waals surface area contributed by atoms with E-state index in [1.54, 1.807) is 18.2 Å². The van der Waals surface area contributed by atoms with Gasteiger partial charge in [0.05, 0.1) is 4.90 Å². The van der Waals surface area contributed by atoms with Crippen LogP contribution in [0.2, 0.25) is 0 Å². The fourth-order valence-electron chi connectivity index (χ4n) is 2.08. The molecule has 0 aliphatic rings. The first-order valence-electron chi connectivity index (χ1n) is 6.83. The smallest absolute Gasteiger partial charge is 0.212 e. The number of benzene rings is 2. The SMILES string of the molecule is C=CC/C(=C(\I)S(=O)(=O)c1ccc(C)cc1)c1ccccc1. The van der Waals surface area contributed by atoms with E-state index in [9.17, 15) is 8.42 Å². The Hall–Kier alpha value is -1.40. The summed E-state index contributed by atoms with van der Waals surface area (Å²) in [5.41, 5.74) is 2.71. The van der Waals surface area contributed by atoms with E-state index in [0.717, 1.165) is 16.7 Å². The number of sulfone groups is 1. The van der Waals surface area contributed by atoms with Gasteiger partial charge in [-0.05, 0) is 59.2 Å². The lowest BCUT2D eigenvalue weighted by molar-refractivity contribution is 0.604. The number of halogens is 1. The standard InChI is InChI=1S/C18H17IO2S/c1-3-7-17(15-8-5-4-6-9-15)18(19)22(20,21)16-12-10-14(2)11-13-16/h3-6,8-13H,1,7H2,2H3/b18-17-. The van der Waals surface area contributed by atoms with E-state index in [1.165, 1.54) is 0 Å². The van der Waals surface area contributed by atoms with Crippen molar-refractivity contribution in [3.05, 3.63) is 81.3 Å². The second kappa shape index (κ2) is 7.24. The van der Waals surface area contributed by atoms with Gasteiger partial charge in [-0.3, -0.25) is 0 Å². The van der Waals surface area contributed by atoms with Crippen LogP contribution >= 0.6 is 22.6 Å². The Balaban J connectivity index is 2.59. The highest BCUT2D eigenvalue weighted by molar-refractivity contribution is 14.1. The predicted molar refractivity (Wildman–Crippen MR) is 101 cm³/mol. The highest BCUT2D eigenvalue weighted by atomic mass is 127. The minimum Gasteiger partial charge on any atom is -0.218 e. The summed E-state index contributed by atoms with van der Waals surface area (Å²) < 4.78 is 26.0. The maximum Gasteiger partial charge on any atom is 0.212 e. The van der Waals surface area contributed by atoms with Crippen LogP contribution in [0.4, 0.5) is 0 Å². The van der Waals surface area contributed by atoms with E-state index in [1.807, 2.05) is 72.0 Å². The van der Waals surface area contributed by atoms with Crippen molar-refractivity contribution in [2.75, 3.05) is 0 Å². The van der Waals surface area contributed by atoms with Crippen molar-refractivity contribution in [3.8, 4) is 0 Å². The predicted octanol–water partition coefficient (Wildman–Crippen LogP) is 5.15. The lowest BCUT2D eigenvalue weighted by Gasteiger charge is -2.11. The molecule has 0 spiro atoms. The molecule has 0 aromatic heterocycles. The molecule has 114 valence electrons. The van der Waals surface area contributed by atoms with Crippen LogP contribution < -0.4 is 0 Å². The van der Waals surface area contributed by atoms with Crippen molar-refractivity contribution in [1.29, 1.82) is 0 Å². The van der Waals surface area contributed by atoms with Crippen molar-refractivity contribution in [2.24, 2.45) is 0 Å². The van der Waals surface area contributed by atoms with Gasteiger partial charge >= 0.3 is 0 Å². The summed E-state index contributed by atoms with van der Waals surface area (Å²) in [7, 11) is -3.51. The van der Waals surface area contributed by atoms with Gasteiger partial charge in [-0.25, -0.2) is 8.42 Å². The van der Waals surface area contributed by atoms with Crippen LogP contribution in [0.5, 0.6) is 0 Å². The first kappa shape index (κ1) is 17.0. The summed E-state index contributed by atoms with van der Waals surface area (Å²) >= 11 is 1.93. The summed E-state index contributed by atoms with van der Waals surface area (Å²) in [5, 5.41) is 0. The lowest BCUT2D eigenvalue weighted by atomic mass is 10.1. The van der Waals surface area contributed by atoms with Crippen molar-refractivity contribution < 1.29 is 8.42 Å². The minimum atomic E-state index is -3.51. The summed E-state index contributed by atoms with van der Waals surface area (Å²) in [6.07, 6.45) is 2.24. The second-order valence-electron chi connectivity index (χ2n) is 4.93. The lowest BCUT2D eigenvalue weighted by Crippen LogP contribution is -2.03. The van der Waals surface area contributed by atoms with Crippen LogP contribution in [0.15, 0.2) is 75.1 Å². The van der Waals surface area contributed by atoms with E-state index < -0.39 is 9.84 Å². The highest BCUT2D eigenvalue weighted by Gasteiger charge is 2.22. The molecule has 22 heavy (non-hydrogen) atoms. The molecule has 0 radical (unpaired) electrons. The molecular formula is C18H17IO2S. The number of allylic oxidation sites excluding steroid dienone is 2. The molecular weight excluding hydrogens is 407 g/mol. The summed E-state index contributed by atoms with van der Waals surface area (Å²) in [6, 6.07) is 16.5. The normalized spacial score (nSPS) is 12.6. The average Bonchev–Trinajstić information content (AvgIpc) is 2.53. The van der Waals surface area contributed by atoms with Crippen molar-refractivity contribution in [2.45, 2.75) is 18.2 Å².